The smallest absolute Gasteiger partial charge is 0.226 e. The van der Waals surface area contributed by atoms with Crippen LogP contribution in [0, 0.1) is 19.3 Å². The summed E-state index contributed by atoms with van der Waals surface area (Å²) in [5, 5.41) is 10.5. The zero-order valence-electron chi connectivity index (χ0n) is 16.2. The quantitative estimate of drug-likeness (QED) is 0.903. The van der Waals surface area contributed by atoms with E-state index in [0.717, 1.165) is 47.8 Å². The number of hydrogen-bond acceptors (Lipinski definition) is 6. The van der Waals surface area contributed by atoms with Crippen molar-refractivity contribution in [3.05, 3.63) is 28.8 Å². The summed E-state index contributed by atoms with van der Waals surface area (Å²) < 4.78 is 5.25. The number of carbonyl (C=O) groups is 1. The molecule has 0 radical (unpaired) electrons. The van der Waals surface area contributed by atoms with Gasteiger partial charge in [-0.15, -0.1) is 5.10 Å². The molecule has 0 bridgehead atoms. The van der Waals surface area contributed by atoms with Gasteiger partial charge in [0.15, 0.2) is 5.76 Å². The van der Waals surface area contributed by atoms with Gasteiger partial charge in [0.05, 0.1) is 17.9 Å². The summed E-state index contributed by atoms with van der Waals surface area (Å²) in [6, 6.07) is 2.10. The highest BCUT2D eigenvalue weighted by Gasteiger charge is 2.23. The van der Waals surface area contributed by atoms with Crippen LogP contribution < -0.4 is 10.2 Å². The molecule has 1 amide bonds. The molecule has 0 unspecified atom stereocenters. The normalized spacial score (nSPS) is 14.3. The number of fused-ring (bicyclic) bond motifs is 1. The lowest BCUT2D eigenvalue weighted by atomic mass is 9.92. The third-order valence-electron chi connectivity index (χ3n) is 4.48. The average Bonchev–Trinajstić information content (AvgIpc) is 2.92. The highest BCUT2D eigenvalue weighted by atomic mass is 16.5. The Morgan fingerprint density at radius 3 is 2.77 bits per heavy atom. The number of aryl methyl sites for hydroxylation is 3. The highest BCUT2D eigenvalue weighted by Crippen LogP contribution is 2.31. The second kappa shape index (κ2) is 7.05. The van der Waals surface area contributed by atoms with Gasteiger partial charge in [0.2, 0.25) is 5.91 Å². The molecule has 7 heteroatoms. The molecule has 2 aromatic heterocycles. The van der Waals surface area contributed by atoms with Crippen LogP contribution in [0.1, 0.15) is 56.3 Å². The molecule has 2 aromatic rings. The molecule has 7 nitrogen and oxygen atoms in total. The molecule has 0 saturated heterocycles. The van der Waals surface area contributed by atoms with Crippen molar-refractivity contribution in [1.29, 1.82) is 0 Å². The summed E-state index contributed by atoms with van der Waals surface area (Å²) in [5.41, 5.74) is 3.83. The lowest BCUT2D eigenvalue weighted by Crippen LogP contribution is -2.30. The van der Waals surface area contributed by atoms with E-state index < -0.39 is 0 Å². The number of pyridine rings is 1. The van der Waals surface area contributed by atoms with Crippen molar-refractivity contribution in [3.63, 3.8) is 0 Å². The van der Waals surface area contributed by atoms with Gasteiger partial charge in [-0.2, -0.15) is 0 Å². The zero-order valence-corrected chi connectivity index (χ0v) is 16.2. The number of hydrogen-bond donors (Lipinski definition) is 1. The minimum absolute atomic E-state index is 0.00377. The molecule has 0 aliphatic carbocycles. The highest BCUT2D eigenvalue weighted by molar-refractivity contribution is 5.91. The van der Waals surface area contributed by atoms with Crippen molar-refractivity contribution in [2.24, 2.45) is 5.41 Å². The SMILES string of the molecule is Cc1cc2c(nc1NC(=O)CC(C)(C)C)CCCN2Cc1onnc1C. The van der Waals surface area contributed by atoms with Crippen LogP contribution in [0.2, 0.25) is 0 Å². The largest absolute Gasteiger partial charge is 0.362 e. The Labute approximate surface area is 154 Å². The lowest BCUT2D eigenvalue weighted by Gasteiger charge is -2.30. The van der Waals surface area contributed by atoms with E-state index in [9.17, 15) is 4.79 Å². The van der Waals surface area contributed by atoms with Crippen molar-refractivity contribution >= 4 is 17.4 Å². The van der Waals surface area contributed by atoms with Gasteiger partial charge in [0.25, 0.3) is 0 Å². The molecule has 3 heterocycles. The van der Waals surface area contributed by atoms with E-state index in [1.54, 1.807) is 0 Å². The van der Waals surface area contributed by atoms with E-state index in [1.165, 1.54) is 0 Å². The Bertz CT molecular complexity index is 807. The Hall–Kier alpha value is -2.44. The molecule has 26 heavy (non-hydrogen) atoms. The minimum atomic E-state index is -0.0496. The predicted octanol–water partition coefficient (Wildman–Crippen LogP) is 3.41. The predicted molar refractivity (Wildman–Crippen MR) is 100 cm³/mol. The van der Waals surface area contributed by atoms with Gasteiger partial charge < -0.3 is 14.7 Å². The van der Waals surface area contributed by atoms with Gasteiger partial charge in [0.1, 0.15) is 11.5 Å². The van der Waals surface area contributed by atoms with Gasteiger partial charge in [-0.3, -0.25) is 4.79 Å². The molecular weight excluding hydrogens is 330 g/mol. The van der Waals surface area contributed by atoms with Crippen molar-refractivity contribution < 1.29 is 9.32 Å². The van der Waals surface area contributed by atoms with E-state index in [1.807, 2.05) is 13.8 Å². The van der Waals surface area contributed by atoms with E-state index in [-0.39, 0.29) is 11.3 Å². The van der Waals surface area contributed by atoms with Crippen LogP contribution in [0.3, 0.4) is 0 Å². The molecule has 1 N–H and O–H groups in total. The third-order valence-corrected chi connectivity index (χ3v) is 4.48. The summed E-state index contributed by atoms with van der Waals surface area (Å²) in [7, 11) is 0. The number of nitrogens with one attached hydrogen (secondary N) is 1. The monoisotopic (exact) mass is 357 g/mol. The molecule has 140 valence electrons. The third kappa shape index (κ3) is 4.20. The number of amides is 1. The Kier molecular flexibility index (Phi) is 4.98. The number of aromatic nitrogens is 3. The van der Waals surface area contributed by atoms with Gasteiger partial charge in [-0.25, -0.2) is 4.98 Å². The van der Waals surface area contributed by atoms with Gasteiger partial charge >= 0.3 is 0 Å². The van der Waals surface area contributed by atoms with Gasteiger partial charge in [0, 0.05) is 18.2 Å². The molecule has 3 rings (SSSR count). The minimum Gasteiger partial charge on any atom is -0.362 e. The molecular formula is C19H27N5O2. The summed E-state index contributed by atoms with van der Waals surface area (Å²) in [6.45, 7) is 11.6. The standard InChI is InChI=1S/C19H27N5O2/c1-12-9-15-14(20-18(12)21-17(25)10-19(3,4)5)7-6-8-24(15)11-16-13(2)22-23-26-16/h9H,6-8,10-11H2,1-5H3,(H,20,21,25). The topological polar surface area (TPSA) is 84.2 Å². The van der Waals surface area contributed by atoms with E-state index >= 15 is 0 Å². The maximum Gasteiger partial charge on any atom is 0.226 e. The molecule has 0 saturated carbocycles. The molecule has 0 atom stereocenters. The second-order valence-electron chi connectivity index (χ2n) is 8.21. The fourth-order valence-electron chi connectivity index (χ4n) is 3.17. The fraction of sp³-hybridized carbons (Fsp3) is 0.579. The van der Waals surface area contributed by atoms with Crippen LogP contribution >= 0.6 is 0 Å². The maximum absolute atomic E-state index is 12.3. The van der Waals surface area contributed by atoms with Crippen LogP contribution in [0.5, 0.6) is 0 Å². The van der Waals surface area contributed by atoms with Crippen molar-refractivity contribution in [2.75, 3.05) is 16.8 Å². The van der Waals surface area contributed by atoms with Crippen LogP contribution in [-0.2, 0) is 17.8 Å². The molecule has 0 spiro atoms. The molecule has 1 aliphatic heterocycles. The Morgan fingerprint density at radius 1 is 1.35 bits per heavy atom. The van der Waals surface area contributed by atoms with Crippen molar-refractivity contribution in [2.45, 2.75) is 60.4 Å². The average molecular weight is 357 g/mol. The summed E-state index contributed by atoms with van der Waals surface area (Å²) >= 11 is 0. The molecule has 1 aliphatic rings. The maximum atomic E-state index is 12.3. The first-order valence-corrected chi connectivity index (χ1v) is 9.06. The van der Waals surface area contributed by atoms with E-state index in [4.69, 9.17) is 9.51 Å². The molecule has 0 aromatic carbocycles. The zero-order chi connectivity index (χ0) is 18.9. The van der Waals surface area contributed by atoms with Crippen LogP contribution in [0.25, 0.3) is 0 Å². The van der Waals surface area contributed by atoms with Crippen molar-refractivity contribution in [1.82, 2.24) is 15.4 Å². The van der Waals surface area contributed by atoms with Crippen molar-refractivity contribution in [3.8, 4) is 0 Å². The second-order valence-corrected chi connectivity index (χ2v) is 8.21. The first-order chi connectivity index (χ1) is 12.2. The van der Waals surface area contributed by atoms with Crippen LogP contribution in [-0.4, -0.2) is 27.8 Å². The summed E-state index contributed by atoms with van der Waals surface area (Å²) in [6.07, 6.45) is 2.38. The molecule has 0 fully saturated rings. The number of nitrogens with zero attached hydrogens (tertiary/aromatic N) is 4. The number of anilines is 2. The summed E-state index contributed by atoms with van der Waals surface area (Å²) in [5.74, 6) is 1.44. The van der Waals surface area contributed by atoms with Gasteiger partial charge in [-0.05, 0) is 43.7 Å². The number of rotatable bonds is 4. The fourth-order valence-corrected chi connectivity index (χ4v) is 3.17. The first-order valence-electron chi connectivity index (χ1n) is 9.06. The number of carbonyl (C=O) groups excluding carboxylic acids is 1. The van der Waals surface area contributed by atoms with Gasteiger partial charge in [-0.1, -0.05) is 20.8 Å². The Balaban J connectivity index is 1.81. The summed E-state index contributed by atoms with van der Waals surface area (Å²) in [4.78, 5) is 19.3. The van der Waals surface area contributed by atoms with E-state index in [2.05, 4.69) is 47.4 Å². The first kappa shape index (κ1) is 18.4. The van der Waals surface area contributed by atoms with Crippen LogP contribution in [0.15, 0.2) is 10.6 Å². The lowest BCUT2D eigenvalue weighted by molar-refractivity contribution is -0.117. The van der Waals surface area contributed by atoms with Crippen LogP contribution in [0.4, 0.5) is 11.5 Å². The van der Waals surface area contributed by atoms with E-state index in [0.29, 0.717) is 18.8 Å². The Morgan fingerprint density at radius 2 is 2.12 bits per heavy atom.